The maximum atomic E-state index is 12.3. The van der Waals surface area contributed by atoms with Gasteiger partial charge in [-0.05, 0) is 37.0 Å². The van der Waals surface area contributed by atoms with Crippen LogP contribution in [-0.4, -0.2) is 29.8 Å². The van der Waals surface area contributed by atoms with Crippen molar-refractivity contribution in [2.24, 2.45) is 5.92 Å². The number of rotatable bonds is 6. The zero-order chi connectivity index (χ0) is 17.0. The summed E-state index contributed by atoms with van der Waals surface area (Å²) in [6.07, 6.45) is 2.05. The van der Waals surface area contributed by atoms with Crippen molar-refractivity contribution in [3.63, 3.8) is 0 Å². The summed E-state index contributed by atoms with van der Waals surface area (Å²) in [4.78, 5) is 35.6. The Labute approximate surface area is 136 Å². The Morgan fingerprint density at radius 3 is 2.43 bits per heavy atom. The minimum Gasteiger partial charge on any atom is -0.349 e. The minimum atomic E-state index is -0.614. The third kappa shape index (κ3) is 5.09. The number of nitrogens with one attached hydrogen (secondary N) is 3. The van der Waals surface area contributed by atoms with E-state index in [0.717, 1.165) is 12.8 Å². The van der Waals surface area contributed by atoms with E-state index in [1.54, 1.807) is 24.3 Å². The molecule has 3 N–H and O–H groups in total. The standard InChI is InChI=1S/C17H23N3O3/c1-10(2)15(18-11(3)21)17(23)20-14-6-4-5-12(9-14)16(22)19-13-7-8-13/h4-6,9-10,13,15H,7-8H2,1-3H3,(H,18,21)(H,19,22)(H,20,23). The molecule has 2 rings (SSSR count). The fourth-order valence-electron chi connectivity index (χ4n) is 2.21. The topological polar surface area (TPSA) is 87.3 Å². The van der Waals surface area contributed by atoms with E-state index in [-0.39, 0.29) is 29.7 Å². The Morgan fingerprint density at radius 1 is 1.17 bits per heavy atom. The maximum absolute atomic E-state index is 12.3. The van der Waals surface area contributed by atoms with Gasteiger partial charge in [0.05, 0.1) is 0 Å². The molecule has 1 atom stereocenters. The first-order chi connectivity index (χ1) is 10.9. The van der Waals surface area contributed by atoms with Crippen molar-refractivity contribution in [2.75, 3.05) is 5.32 Å². The Balaban J connectivity index is 2.04. The summed E-state index contributed by atoms with van der Waals surface area (Å²) in [7, 11) is 0. The predicted octanol–water partition coefficient (Wildman–Crippen LogP) is 1.68. The van der Waals surface area contributed by atoms with Crippen molar-refractivity contribution in [3.05, 3.63) is 29.8 Å². The molecule has 6 heteroatoms. The van der Waals surface area contributed by atoms with Crippen LogP contribution in [0.25, 0.3) is 0 Å². The lowest BCUT2D eigenvalue weighted by Crippen LogP contribution is -2.46. The Kier molecular flexibility index (Phi) is 5.36. The molecule has 0 saturated heterocycles. The molecule has 1 aliphatic carbocycles. The first kappa shape index (κ1) is 17.0. The highest BCUT2D eigenvalue weighted by molar-refractivity contribution is 5.99. The van der Waals surface area contributed by atoms with Gasteiger partial charge < -0.3 is 16.0 Å². The molecule has 0 radical (unpaired) electrons. The molecular formula is C17H23N3O3. The van der Waals surface area contributed by atoms with Crippen molar-refractivity contribution in [1.82, 2.24) is 10.6 Å². The molecule has 1 unspecified atom stereocenters. The van der Waals surface area contributed by atoms with Gasteiger partial charge in [0.15, 0.2) is 0 Å². The summed E-state index contributed by atoms with van der Waals surface area (Å²) >= 11 is 0. The van der Waals surface area contributed by atoms with Crippen LogP contribution < -0.4 is 16.0 Å². The van der Waals surface area contributed by atoms with Crippen LogP contribution in [0.3, 0.4) is 0 Å². The second kappa shape index (κ2) is 7.26. The molecule has 1 fully saturated rings. The highest BCUT2D eigenvalue weighted by atomic mass is 16.2. The molecule has 124 valence electrons. The third-order valence-electron chi connectivity index (χ3n) is 3.61. The van der Waals surface area contributed by atoms with Crippen LogP contribution in [0.4, 0.5) is 5.69 Å². The van der Waals surface area contributed by atoms with E-state index in [0.29, 0.717) is 11.3 Å². The molecule has 1 aliphatic rings. The number of hydrogen-bond acceptors (Lipinski definition) is 3. The van der Waals surface area contributed by atoms with Crippen LogP contribution in [-0.2, 0) is 9.59 Å². The third-order valence-corrected chi connectivity index (χ3v) is 3.61. The van der Waals surface area contributed by atoms with E-state index >= 15 is 0 Å². The van der Waals surface area contributed by atoms with E-state index < -0.39 is 6.04 Å². The van der Waals surface area contributed by atoms with Gasteiger partial charge in [-0.3, -0.25) is 14.4 Å². The molecule has 0 aliphatic heterocycles. The number of amides is 3. The number of hydrogen-bond donors (Lipinski definition) is 3. The van der Waals surface area contributed by atoms with Crippen molar-refractivity contribution in [3.8, 4) is 0 Å². The first-order valence-electron chi connectivity index (χ1n) is 7.85. The smallest absolute Gasteiger partial charge is 0.251 e. The summed E-state index contributed by atoms with van der Waals surface area (Å²) in [5.41, 5.74) is 1.05. The molecule has 0 heterocycles. The van der Waals surface area contributed by atoms with E-state index in [9.17, 15) is 14.4 Å². The molecule has 0 spiro atoms. The monoisotopic (exact) mass is 317 g/mol. The van der Waals surface area contributed by atoms with Gasteiger partial charge in [0.1, 0.15) is 6.04 Å². The van der Waals surface area contributed by atoms with Gasteiger partial charge in [0.25, 0.3) is 5.91 Å². The molecule has 0 aromatic heterocycles. The maximum Gasteiger partial charge on any atom is 0.251 e. The predicted molar refractivity (Wildman–Crippen MR) is 88.0 cm³/mol. The summed E-state index contributed by atoms with van der Waals surface area (Å²) in [6.45, 7) is 5.10. The van der Waals surface area contributed by atoms with Crippen LogP contribution in [0.1, 0.15) is 44.0 Å². The number of carbonyl (C=O) groups is 3. The highest BCUT2D eigenvalue weighted by Gasteiger charge is 2.25. The van der Waals surface area contributed by atoms with Crippen LogP contribution in [0, 0.1) is 5.92 Å². The zero-order valence-electron chi connectivity index (χ0n) is 13.7. The summed E-state index contributed by atoms with van der Waals surface area (Å²) in [5, 5.41) is 8.31. The zero-order valence-corrected chi connectivity index (χ0v) is 13.7. The van der Waals surface area contributed by atoms with Crippen molar-refractivity contribution < 1.29 is 14.4 Å². The minimum absolute atomic E-state index is 0.0414. The average molecular weight is 317 g/mol. The van der Waals surface area contributed by atoms with Gasteiger partial charge in [-0.25, -0.2) is 0 Å². The lowest BCUT2D eigenvalue weighted by atomic mass is 10.0. The van der Waals surface area contributed by atoms with Gasteiger partial charge in [0.2, 0.25) is 11.8 Å². The van der Waals surface area contributed by atoms with Gasteiger partial charge in [0, 0.05) is 24.2 Å². The summed E-state index contributed by atoms with van der Waals surface area (Å²) in [6, 6.07) is 6.46. The molecule has 1 aromatic carbocycles. The first-order valence-corrected chi connectivity index (χ1v) is 7.85. The molecule has 1 aromatic rings. The SMILES string of the molecule is CC(=O)NC(C(=O)Nc1cccc(C(=O)NC2CC2)c1)C(C)C. The second-order valence-electron chi connectivity index (χ2n) is 6.24. The number of benzene rings is 1. The van der Waals surface area contributed by atoms with Gasteiger partial charge in [-0.2, -0.15) is 0 Å². The van der Waals surface area contributed by atoms with Crippen LogP contribution in [0.5, 0.6) is 0 Å². The Bertz CT molecular complexity index is 609. The molecule has 6 nitrogen and oxygen atoms in total. The van der Waals surface area contributed by atoms with E-state index in [1.165, 1.54) is 6.92 Å². The average Bonchev–Trinajstić information content (AvgIpc) is 3.28. The summed E-state index contributed by atoms with van der Waals surface area (Å²) < 4.78 is 0. The molecule has 23 heavy (non-hydrogen) atoms. The molecule has 3 amide bonds. The Hall–Kier alpha value is -2.37. The lowest BCUT2D eigenvalue weighted by molar-refractivity contribution is -0.126. The van der Waals surface area contributed by atoms with Crippen molar-refractivity contribution in [1.29, 1.82) is 0 Å². The van der Waals surface area contributed by atoms with Crippen molar-refractivity contribution in [2.45, 2.75) is 45.7 Å². The molecule has 1 saturated carbocycles. The van der Waals surface area contributed by atoms with E-state index in [1.807, 2.05) is 13.8 Å². The number of carbonyl (C=O) groups excluding carboxylic acids is 3. The highest BCUT2D eigenvalue weighted by Crippen LogP contribution is 2.20. The van der Waals surface area contributed by atoms with Crippen LogP contribution in [0.15, 0.2) is 24.3 Å². The fraction of sp³-hybridized carbons (Fsp3) is 0.471. The lowest BCUT2D eigenvalue weighted by Gasteiger charge is -2.21. The quantitative estimate of drug-likeness (QED) is 0.746. The van der Waals surface area contributed by atoms with E-state index in [2.05, 4.69) is 16.0 Å². The molecular weight excluding hydrogens is 294 g/mol. The number of anilines is 1. The van der Waals surface area contributed by atoms with Gasteiger partial charge in [-0.15, -0.1) is 0 Å². The fourth-order valence-corrected chi connectivity index (χ4v) is 2.21. The van der Waals surface area contributed by atoms with Gasteiger partial charge >= 0.3 is 0 Å². The van der Waals surface area contributed by atoms with Crippen molar-refractivity contribution >= 4 is 23.4 Å². The second-order valence-corrected chi connectivity index (χ2v) is 6.24. The van der Waals surface area contributed by atoms with Gasteiger partial charge in [-0.1, -0.05) is 19.9 Å². The normalized spacial score (nSPS) is 15.0. The van der Waals surface area contributed by atoms with Crippen LogP contribution in [0.2, 0.25) is 0 Å². The largest absolute Gasteiger partial charge is 0.349 e. The molecule has 0 bridgehead atoms. The Morgan fingerprint density at radius 2 is 1.87 bits per heavy atom. The summed E-state index contributed by atoms with van der Waals surface area (Å²) in [5.74, 6) is -0.725. The van der Waals surface area contributed by atoms with Crippen LogP contribution >= 0.6 is 0 Å². The van der Waals surface area contributed by atoms with E-state index in [4.69, 9.17) is 0 Å².